The first kappa shape index (κ1) is 16.8. The fraction of sp³-hybridized carbons (Fsp3) is 0.176. The molecule has 0 bridgehead atoms. The number of ether oxygens (including phenoxy) is 1. The Morgan fingerprint density at radius 2 is 1.87 bits per heavy atom. The van der Waals surface area contributed by atoms with Gasteiger partial charge in [0.25, 0.3) is 0 Å². The van der Waals surface area contributed by atoms with Crippen LogP contribution in [0.5, 0.6) is 5.75 Å². The van der Waals surface area contributed by atoms with Crippen molar-refractivity contribution in [1.82, 2.24) is 5.32 Å². The number of hydrogen-bond donors (Lipinski definition) is 3. The fourth-order valence-electron chi connectivity index (χ4n) is 2.03. The predicted octanol–water partition coefficient (Wildman–Crippen LogP) is 3.14. The van der Waals surface area contributed by atoms with Crippen molar-refractivity contribution >= 4 is 34.6 Å². The van der Waals surface area contributed by atoms with Gasteiger partial charge in [-0.25, -0.2) is 0 Å². The lowest BCUT2D eigenvalue weighted by Gasteiger charge is -2.15. The van der Waals surface area contributed by atoms with Crippen molar-refractivity contribution < 1.29 is 9.53 Å². The first-order valence-corrected chi connectivity index (χ1v) is 7.53. The molecule has 0 saturated carbocycles. The monoisotopic (exact) mass is 329 g/mol. The number of rotatable bonds is 5. The number of methoxy groups -OCH3 is 1. The summed E-state index contributed by atoms with van der Waals surface area (Å²) in [5.74, 6) is 0.508. The molecule has 120 valence electrons. The Morgan fingerprint density at radius 1 is 1.13 bits per heavy atom. The molecule has 5 nitrogen and oxygen atoms in total. The zero-order chi connectivity index (χ0) is 16.7. The Balaban J connectivity index is 2.02. The third-order valence-electron chi connectivity index (χ3n) is 3.06. The van der Waals surface area contributed by atoms with Crippen LogP contribution in [0.3, 0.4) is 0 Å². The molecule has 0 aromatic heterocycles. The third-order valence-corrected chi connectivity index (χ3v) is 3.31. The van der Waals surface area contributed by atoms with E-state index in [1.54, 1.807) is 25.3 Å². The summed E-state index contributed by atoms with van der Waals surface area (Å²) >= 11 is 5.31. The summed E-state index contributed by atoms with van der Waals surface area (Å²) < 4.78 is 5.31. The number of carbonyl (C=O) groups is 1. The molecule has 3 N–H and O–H groups in total. The minimum atomic E-state index is -0.133. The van der Waals surface area contributed by atoms with E-state index >= 15 is 0 Å². The lowest BCUT2D eigenvalue weighted by atomic mass is 10.2. The van der Waals surface area contributed by atoms with Crippen LogP contribution in [-0.4, -0.2) is 18.1 Å². The van der Waals surface area contributed by atoms with Crippen molar-refractivity contribution in [3.8, 4) is 5.75 Å². The molecule has 0 fully saturated rings. The van der Waals surface area contributed by atoms with Crippen LogP contribution in [0.4, 0.5) is 11.4 Å². The van der Waals surface area contributed by atoms with Crippen molar-refractivity contribution in [2.75, 3.05) is 17.7 Å². The molecule has 0 aliphatic heterocycles. The Labute approximate surface area is 141 Å². The van der Waals surface area contributed by atoms with E-state index in [9.17, 15) is 4.79 Å². The Morgan fingerprint density at radius 3 is 2.52 bits per heavy atom. The van der Waals surface area contributed by atoms with Gasteiger partial charge < -0.3 is 20.7 Å². The lowest BCUT2D eigenvalue weighted by molar-refractivity contribution is -0.114. The summed E-state index contributed by atoms with van der Waals surface area (Å²) in [5, 5.41) is 9.43. The average molecular weight is 329 g/mol. The molecular weight excluding hydrogens is 310 g/mol. The second-order valence-electron chi connectivity index (χ2n) is 4.89. The van der Waals surface area contributed by atoms with E-state index in [-0.39, 0.29) is 5.91 Å². The van der Waals surface area contributed by atoms with Gasteiger partial charge in [-0.1, -0.05) is 30.3 Å². The molecular formula is C17H19N3O2S. The van der Waals surface area contributed by atoms with Gasteiger partial charge >= 0.3 is 0 Å². The molecule has 0 heterocycles. The molecule has 1 amide bonds. The zero-order valence-corrected chi connectivity index (χ0v) is 13.9. The standard InChI is InChI=1S/C17H19N3O2S/c1-12(21)19-14-8-9-16(22-2)15(10-14)20-17(23)18-11-13-6-4-3-5-7-13/h3-10H,11H2,1-2H3,(H,19,21)(H2,18,20,23). The SMILES string of the molecule is COc1ccc(NC(C)=O)cc1NC(=S)NCc1ccccc1. The maximum Gasteiger partial charge on any atom is 0.221 e. The van der Waals surface area contributed by atoms with Crippen LogP contribution in [-0.2, 0) is 11.3 Å². The highest BCUT2D eigenvalue weighted by Gasteiger charge is 2.07. The zero-order valence-electron chi connectivity index (χ0n) is 13.1. The van der Waals surface area contributed by atoms with Crippen molar-refractivity contribution in [3.05, 3.63) is 54.1 Å². The number of amides is 1. The topological polar surface area (TPSA) is 62.4 Å². The maximum absolute atomic E-state index is 11.2. The summed E-state index contributed by atoms with van der Waals surface area (Å²) in [6.45, 7) is 2.09. The summed E-state index contributed by atoms with van der Waals surface area (Å²) in [6, 6.07) is 15.3. The number of nitrogens with one attached hydrogen (secondary N) is 3. The van der Waals surface area contributed by atoms with E-state index in [0.29, 0.717) is 28.8 Å². The van der Waals surface area contributed by atoms with Crippen LogP contribution in [0, 0.1) is 0 Å². The summed E-state index contributed by atoms with van der Waals surface area (Å²) in [6.07, 6.45) is 0. The van der Waals surface area contributed by atoms with Crippen LogP contribution in [0.2, 0.25) is 0 Å². The molecule has 0 atom stereocenters. The second kappa shape index (κ2) is 8.14. The normalized spacial score (nSPS) is 9.83. The van der Waals surface area contributed by atoms with Gasteiger partial charge in [0, 0.05) is 19.2 Å². The van der Waals surface area contributed by atoms with Gasteiger partial charge in [0.2, 0.25) is 5.91 Å². The molecule has 2 aromatic rings. The van der Waals surface area contributed by atoms with Crippen LogP contribution < -0.4 is 20.7 Å². The van der Waals surface area contributed by atoms with Gasteiger partial charge in [-0.2, -0.15) is 0 Å². The van der Waals surface area contributed by atoms with E-state index in [4.69, 9.17) is 17.0 Å². The van der Waals surface area contributed by atoms with E-state index < -0.39 is 0 Å². The van der Waals surface area contributed by atoms with Gasteiger partial charge in [0.15, 0.2) is 5.11 Å². The fourth-order valence-corrected chi connectivity index (χ4v) is 2.21. The second-order valence-corrected chi connectivity index (χ2v) is 5.30. The van der Waals surface area contributed by atoms with Crippen molar-refractivity contribution in [2.24, 2.45) is 0 Å². The Kier molecular flexibility index (Phi) is 5.94. The number of anilines is 2. The number of carbonyl (C=O) groups excluding carboxylic acids is 1. The molecule has 2 aromatic carbocycles. The first-order valence-electron chi connectivity index (χ1n) is 7.13. The molecule has 0 radical (unpaired) electrons. The third kappa shape index (κ3) is 5.27. The van der Waals surface area contributed by atoms with Crippen LogP contribution in [0.25, 0.3) is 0 Å². The number of benzene rings is 2. The minimum absolute atomic E-state index is 0.133. The number of hydrogen-bond acceptors (Lipinski definition) is 3. The molecule has 0 spiro atoms. The molecule has 0 saturated heterocycles. The van der Waals surface area contributed by atoms with Crippen molar-refractivity contribution in [2.45, 2.75) is 13.5 Å². The smallest absolute Gasteiger partial charge is 0.221 e. The van der Waals surface area contributed by atoms with E-state index in [0.717, 1.165) is 5.56 Å². The summed E-state index contributed by atoms with van der Waals surface area (Å²) in [7, 11) is 1.58. The largest absolute Gasteiger partial charge is 0.495 e. The van der Waals surface area contributed by atoms with Gasteiger partial charge in [-0.15, -0.1) is 0 Å². The average Bonchev–Trinajstić information content (AvgIpc) is 2.54. The number of thiocarbonyl (C=S) groups is 1. The van der Waals surface area contributed by atoms with Crippen molar-refractivity contribution in [1.29, 1.82) is 0 Å². The van der Waals surface area contributed by atoms with Gasteiger partial charge in [0.05, 0.1) is 12.8 Å². The predicted molar refractivity (Wildman–Crippen MR) is 96.8 cm³/mol. The first-order chi connectivity index (χ1) is 11.1. The van der Waals surface area contributed by atoms with Gasteiger partial charge in [0.1, 0.15) is 5.75 Å². The Bertz CT molecular complexity index is 689. The molecule has 0 aliphatic rings. The molecule has 0 unspecified atom stereocenters. The van der Waals surface area contributed by atoms with Gasteiger partial charge in [-0.05, 0) is 36.0 Å². The van der Waals surface area contributed by atoms with E-state index in [1.165, 1.54) is 6.92 Å². The highest BCUT2D eigenvalue weighted by Crippen LogP contribution is 2.27. The van der Waals surface area contributed by atoms with Crippen LogP contribution >= 0.6 is 12.2 Å². The molecule has 23 heavy (non-hydrogen) atoms. The van der Waals surface area contributed by atoms with E-state index in [2.05, 4.69) is 16.0 Å². The van der Waals surface area contributed by atoms with Crippen LogP contribution in [0.15, 0.2) is 48.5 Å². The highest BCUT2D eigenvalue weighted by atomic mass is 32.1. The highest BCUT2D eigenvalue weighted by molar-refractivity contribution is 7.80. The van der Waals surface area contributed by atoms with E-state index in [1.807, 2.05) is 30.3 Å². The molecule has 6 heteroatoms. The quantitative estimate of drug-likeness (QED) is 0.736. The molecule has 0 aliphatic carbocycles. The summed E-state index contributed by atoms with van der Waals surface area (Å²) in [5.41, 5.74) is 2.49. The minimum Gasteiger partial charge on any atom is -0.495 e. The van der Waals surface area contributed by atoms with Crippen LogP contribution in [0.1, 0.15) is 12.5 Å². The van der Waals surface area contributed by atoms with Crippen molar-refractivity contribution in [3.63, 3.8) is 0 Å². The molecule has 2 rings (SSSR count). The van der Waals surface area contributed by atoms with Gasteiger partial charge in [-0.3, -0.25) is 4.79 Å². The summed E-state index contributed by atoms with van der Waals surface area (Å²) in [4.78, 5) is 11.2. The lowest BCUT2D eigenvalue weighted by Crippen LogP contribution is -2.28. The maximum atomic E-state index is 11.2. The Hall–Kier alpha value is -2.60.